The van der Waals surface area contributed by atoms with E-state index in [0.29, 0.717) is 24.3 Å². The Balaban J connectivity index is 1.39. The van der Waals surface area contributed by atoms with Crippen molar-refractivity contribution in [1.29, 1.82) is 0 Å². The summed E-state index contributed by atoms with van der Waals surface area (Å²) < 4.78 is 5.68. The molecule has 41 heavy (non-hydrogen) atoms. The maximum atomic E-state index is 13.7. The molecule has 0 saturated carbocycles. The molecule has 2 atom stereocenters. The van der Waals surface area contributed by atoms with Crippen LogP contribution in [0.1, 0.15) is 33.6 Å². The third-order valence-electron chi connectivity index (χ3n) is 6.87. The number of nitro groups is 1. The first kappa shape index (κ1) is 28.0. The molecule has 3 aromatic carbocycles. The Hall–Kier alpha value is -4.54. The molecule has 2 aliphatic rings. The van der Waals surface area contributed by atoms with E-state index in [0.717, 1.165) is 10.0 Å². The number of imide groups is 1. The van der Waals surface area contributed by atoms with Gasteiger partial charge in [-0.15, -0.1) is 0 Å². The second-order valence-electron chi connectivity index (χ2n) is 9.43. The molecule has 1 aliphatic carbocycles. The second kappa shape index (κ2) is 11.5. The van der Waals surface area contributed by atoms with Crippen molar-refractivity contribution in [2.75, 3.05) is 6.54 Å². The van der Waals surface area contributed by atoms with Gasteiger partial charge in [-0.05, 0) is 67.4 Å². The molecule has 1 fully saturated rings. The van der Waals surface area contributed by atoms with Crippen molar-refractivity contribution >= 4 is 52.4 Å². The minimum absolute atomic E-state index is 0.00544. The van der Waals surface area contributed by atoms with E-state index in [1.807, 2.05) is 12.2 Å². The predicted molar refractivity (Wildman–Crippen MR) is 149 cm³/mol. The number of nitro benzene ring substituents is 1. The Morgan fingerprint density at radius 1 is 0.902 bits per heavy atom. The van der Waals surface area contributed by atoms with E-state index in [2.05, 4.69) is 0 Å². The van der Waals surface area contributed by atoms with Crippen LogP contribution in [0.5, 0.6) is 11.5 Å². The molecule has 3 aromatic rings. The first-order chi connectivity index (χ1) is 19.6. The summed E-state index contributed by atoms with van der Waals surface area (Å²) >= 11 is 12.2. The Bertz CT molecular complexity index is 1560. The summed E-state index contributed by atoms with van der Waals surface area (Å²) in [5.74, 6) is -2.97. The van der Waals surface area contributed by atoms with Crippen LogP contribution in [0.25, 0.3) is 0 Å². The summed E-state index contributed by atoms with van der Waals surface area (Å²) in [7, 11) is 0. The number of allylic oxidation sites excluding steroid dienone is 2. The number of ketones is 1. The highest BCUT2D eigenvalue weighted by molar-refractivity contribution is 6.36. The largest absolute Gasteiger partial charge is 0.457 e. The lowest BCUT2D eigenvalue weighted by atomic mass is 9.85. The third-order valence-corrected chi connectivity index (χ3v) is 7.42. The molecule has 0 radical (unpaired) electrons. The number of halogens is 2. The van der Waals surface area contributed by atoms with Gasteiger partial charge in [0, 0.05) is 22.7 Å². The molecule has 3 amide bonds. The normalized spacial score (nSPS) is 17.8. The number of amides is 3. The van der Waals surface area contributed by atoms with Crippen LogP contribution in [0, 0.1) is 22.0 Å². The van der Waals surface area contributed by atoms with Crippen LogP contribution < -0.4 is 4.74 Å². The molecule has 0 unspecified atom stereocenters. The van der Waals surface area contributed by atoms with Crippen LogP contribution in [0.15, 0.2) is 78.9 Å². The lowest BCUT2D eigenvalue weighted by molar-refractivity contribution is -0.384. The molecule has 5 rings (SSSR count). The Morgan fingerprint density at radius 2 is 1.46 bits per heavy atom. The molecule has 0 N–H and O–H groups in total. The molecule has 0 aromatic heterocycles. The van der Waals surface area contributed by atoms with E-state index in [1.54, 1.807) is 0 Å². The topological polar surface area (TPSA) is 127 Å². The van der Waals surface area contributed by atoms with Gasteiger partial charge in [-0.1, -0.05) is 35.4 Å². The number of non-ortho nitro benzene ring substituents is 1. The molecule has 208 valence electrons. The number of hydrogen-bond donors (Lipinski definition) is 0. The first-order valence-electron chi connectivity index (χ1n) is 12.5. The SMILES string of the molecule is O=C(CN(C(=O)c1ccc(Cl)cc1Cl)N1C(=O)[C@H]2CC=CC[C@H]2C1=O)c1ccc(Oc2ccc([N+](=O)[O-])cc2)cc1. The summed E-state index contributed by atoms with van der Waals surface area (Å²) in [4.78, 5) is 64.0. The average molecular weight is 594 g/mol. The van der Waals surface area contributed by atoms with Crippen molar-refractivity contribution in [2.45, 2.75) is 12.8 Å². The minimum Gasteiger partial charge on any atom is -0.457 e. The van der Waals surface area contributed by atoms with Gasteiger partial charge in [0.1, 0.15) is 18.0 Å². The molecule has 1 heterocycles. The van der Waals surface area contributed by atoms with E-state index in [4.69, 9.17) is 27.9 Å². The highest BCUT2D eigenvalue weighted by Crippen LogP contribution is 2.37. The van der Waals surface area contributed by atoms with Crippen LogP contribution in [0.2, 0.25) is 10.0 Å². The lowest BCUT2D eigenvalue weighted by Crippen LogP contribution is -2.52. The zero-order valence-corrected chi connectivity index (χ0v) is 22.7. The molecule has 10 nitrogen and oxygen atoms in total. The zero-order chi connectivity index (χ0) is 29.3. The fraction of sp³-hybridized carbons (Fsp3) is 0.172. The van der Waals surface area contributed by atoms with Crippen LogP contribution in [0.3, 0.4) is 0 Å². The van der Waals surface area contributed by atoms with Gasteiger partial charge in [-0.2, -0.15) is 5.01 Å². The molecule has 1 aliphatic heterocycles. The number of hydrogen-bond acceptors (Lipinski definition) is 7. The van der Waals surface area contributed by atoms with E-state index in [-0.39, 0.29) is 26.9 Å². The average Bonchev–Trinajstić information content (AvgIpc) is 3.21. The lowest BCUT2D eigenvalue weighted by Gasteiger charge is -2.30. The number of fused-ring (bicyclic) bond motifs is 1. The van der Waals surface area contributed by atoms with Gasteiger partial charge in [0.15, 0.2) is 5.78 Å². The highest BCUT2D eigenvalue weighted by Gasteiger charge is 2.51. The summed E-state index contributed by atoms with van der Waals surface area (Å²) in [5, 5.41) is 12.8. The van der Waals surface area contributed by atoms with Gasteiger partial charge >= 0.3 is 0 Å². The highest BCUT2D eigenvalue weighted by atomic mass is 35.5. The predicted octanol–water partition coefficient (Wildman–Crippen LogP) is 5.89. The van der Waals surface area contributed by atoms with Crippen molar-refractivity contribution in [2.24, 2.45) is 11.8 Å². The van der Waals surface area contributed by atoms with Crippen molar-refractivity contribution in [3.63, 3.8) is 0 Å². The Labute approximate surface area is 243 Å². The van der Waals surface area contributed by atoms with Gasteiger partial charge in [0.2, 0.25) is 0 Å². The van der Waals surface area contributed by atoms with Gasteiger partial charge < -0.3 is 4.74 Å². The summed E-state index contributed by atoms with van der Waals surface area (Å²) in [6.45, 7) is -0.606. The van der Waals surface area contributed by atoms with Gasteiger partial charge in [0.05, 0.1) is 27.3 Å². The molecule has 0 bridgehead atoms. The Kier molecular flexibility index (Phi) is 7.87. The molecule has 0 spiro atoms. The fourth-order valence-corrected chi connectivity index (χ4v) is 5.25. The number of carbonyl (C=O) groups is 4. The molecule has 12 heteroatoms. The smallest absolute Gasteiger partial charge is 0.274 e. The standard InChI is InChI=1S/C29H21Cl2N3O7/c30-18-7-14-24(25(31)15-18)27(36)32(33-28(37)22-3-1-2-4-23(22)29(33)38)16-26(35)17-5-10-20(11-6-17)41-21-12-8-19(9-13-21)34(39)40/h1-2,5-15,22-23H,3-4,16H2/t22-,23+. The number of nitrogens with zero attached hydrogens (tertiary/aromatic N) is 3. The summed E-state index contributed by atoms with van der Waals surface area (Å²) in [6.07, 6.45) is 4.37. The maximum absolute atomic E-state index is 13.7. The van der Waals surface area contributed by atoms with Crippen molar-refractivity contribution in [1.82, 2.24) is 10.0 Å². The van der Waals surface area contributed by atoms with Crippen LogP contribution >= 0.6 is 23.2 Å². The first-order valence-corrected chi connectivity index (χ1v) is 13.2. The Morgan fingerprint density at radius 3 is 2.00 bits per heavy atom. The number of rotatable bonds is 8. The number of carbonyl (C=O) groups excluding carboxylic acids is 4. The van der Waals surface area contributed by atoms with E-state index >= 15 is 0 Å². The quantitative estimate of drug-likeness (QED) is 0.105. The fourth-order valence-electron chi connectivity index (χ4n) is 4.76. The van der Waals surface area contributed by atoms with Crippen molar-refractivity contribution in [3.05, 3.63) is 110 Å². The van der Waals surface area contributed by atoms with Gasteiger partial charge in [-0.25, -0.2) is 5.01 Å². The van der Waals surface area contributed by atoms with Crippen LogP contribution in [-0.4, -0.2) is 45.0 Å². The summed E-state index contributed by atoms with van der Waals surface area (Å²) in [5.41, 5.74) is 0.0892. The number of Topliss-reactive ketones (excluding diaryl/α,β-unsaturated/α-hetero) is 1. The second-order valence-corrected chi connectivity index (χ2v) is 10.3. The summed E-state index contributed by atoms with van der Waals surface area (Å²) in [6, 6.07) is 15.6. The molecular weight excluding hydrogens is 573 g/mol. The van der Waals surface area contributed by atoms with Crippen molar-refractivity contribution in [3.8, 4) is 11.5 Å². The zero-order valence-electron chi connectivity index (χ0n) is 21.2. The van der Waals surface area contributed by atoms with Gasteiger partial charge in [-0.3, -0.25) is 29.3 Å². The third kappa shape index (κ3) is 5.70. The van der Waals surface area contributed by atoms with Crippen molar-refractivity contribution < 1.29 is 28.8 Å². The van der Waals surface area contributed by atoms with E-state index in [1.165, 1.54) is 66.7 Å². The molecule has 1 saturated heterocycles. The van der Waals surface area contributed by atoms with E-state index < -0.39 is 46.8 Å². The van der Waals surface area contributed by atoms with E-state index in [9.17, 15) is 29.3 Å². The van der Waals surface area contributed by atoms with Crippen LogP contribution in [0.4, 0.5) is 5.69 Å². The number of ether oxygens (including phenoxy) is 1. The maximum Gasteiger partial charge on any atom is 0.274 e. The monoisotopic (exact) mass is 593 g/mol. The van der Waals surface area contributed by atoms with Gasteiger partial charge in [0.25, 0.3) is 23.4 Å². The van der Waals surface area contributed by atoms with Crippen LogP contribution in [-0.2, 0) is 9.59 Å². The number of benzene rings is 3. The molecular formula is C29H21Cl2N3O7. The number of hydrazine groups is 1. The minimum atomic E-state index is -0.800.